The summed E-state index contributed by atoms with van der Waals surface area (Å²) >= 11 is 5.93. The first-order valence-electron chi connectivity index (χ1n) is 8.63. The number of halogens is 1. The van der Waals surface area contributed by atoms with Crippen molar-refractivity contribution in [2.24, 2.45) is 0 Å². The molecule has 5 heteroatoms. The van der Waals surface area contributed by atoms with Crippen LogP contribution in [0.15, 0.2) is 34.9 Å². The van der Waals surface area contributed by atoms with Gasteiger partial charge in [-0.1, -0.05) is 30.6 Å². The van der Waals surface area contributed by atoms with E-state index in [1.165, 1.54) is 0 Å². The van der Waals surface area contributed by atoms with Crippen molar-refractivity contribution in [3.05, 3.63) is 41.0 Å². The van der Waals surface area contributed by atoms with Gasteiger partial charge in [0.1, 0.15) is 0 Å². The van der Waals surface area contributed by atoms with Gasteiger partial charge in [0, 0.05) is 29.7 Å². The molecule has 0 atom stereocenters. The predicted molar refractivity (Wildman–Crippen MR) is 95.0 cm³/mol. The number of carbonyl (C=O) groups excluding carboxylic acids is 1. The second-order valence-corrected chi connectivity index (χ2v) is 6.89. The highest BCUT2D eigenvalue weighted by molar-refractivity contribution is 6.30. The lowest BCUT2D eigenvalue weighted by Gasteiger charge is -2.25. The molecule has 1 aromatic carbocycles. The molecule has 1 heterocycles. The molecule has 3 rings (SSSR count). The third-order valence-corrected chi connectivity index (χ3v) is 4.81. The van der Waals surface area contributed by atoms with Crippen LogP contribution in [-0.2, 0) is 10.2 Å². The van der Waals surface area contributed by atoms with E-state index in [1.807, 2.05) is 35.2 Å². The first kappa shape index (κ1) is 17.0. The number of hydrogen-bond acceptors (Lipinski definition) is 3. The molecule has 4 nitrogen and oxygen atoms in total. The average Bonchev–Trinajstić information content (AvgIpc) is 3.25. The highest BCUT2D eigenvalue weighted by Crippen LogP contribution is 2.49. The summed E-state index contributed by atoms with van der Waals surface area (Å²) in [6.07, 6.45) is 3.64. The molecule has 128 valence electrons. The Bertz CT molecular complexity index is 698. The van der Waals surface area contributed by atoms with E-state index < -0.39 is 5.41 Å². The van der Waals surface area contributed by atoms with Crippen LogP contribution in [0.3, 0.4) is 0 Å². The molecular formula is C19H23ClN2O2. The lowest BCUT2D eigenvalue weighted by atomic mass is 9.99. The van der Waals surface area contributed by atoms with Gasteiger partial charge in [0.05, 0.1) is 11.1 Å². The van der Waals surface area contributed by atoms with E-state index in [2.05, 4.69) is 19.0 Å². The standard InChI is InChI=1S/C19H23ClN2O2/c1-3-11-22(12-4-2)18(23)19(9-10-19)17-13-16(24-21-17)14-5-7-15(20)8-6-14/h5-8,13H,3-4,9-12H2,1-2H3. The second kappa shape index (κ2) is 6.98. The van der Waals surface area contributed by atoms with Crippen LogP contribution < -0.4 is 0 Å². The van der Waals surface area contributed by atoms with Crippen molar-refractivity contribution < 1.29 is 9.32 Å². The Morgan fingerprint density at radius 2 is 1.83 bits per heavy atom. The van der Waals surface area contributed by atoms with E-state index in [1.54, 1.807) is 0 Å². The van der Waals surface area contributed by atoms with Gasteiger partial charge in [0.15, 0.2) is 5.76 Å². The largest absolute Gasteiger partial charge is 0.356 e. The zero-order valence-electron chi connectivity index (χ0n) is 14.2. The van der Waals surface area contributed by atoms with Crippen LogP contribution in [0.2, 0.25) is 5.02 Å². The van der Waals surface area contributed by atoms with Crippen LogP contribution in [0.25, 0.3) is 11.3 Å². The Morgan fingerprint density at radius 3 is 2.38 bits per heavy atom. The summed E-state index contributed by atoms with van der Waals surface area (Å²) in [5.74, 6) is 0.875. The molecule has 0 saturated heterocycles. The van der Waals surface area contributed by atoms with Gasteiger partial charge >= 0.3 is 0 Å². The minimum Gasteiger partial charge on any atom is -0.356 e. The number of hydrogen-bond donors (Lipinski definition) is 0. The monoisotopic (exact) mass is 346 g/mol. The molecule has 2 aromatic rings. The Morgan fingerprint density at radius 1 is 1.21 bits per heavy atom. The van der Waals surface area contributed by atoms with Gasteiger partial charge in [0.2, 0.25) is 5.91 Å². The molecule has 1 aromatic heterocycles. The molecule has 1 aliphatic rings. The SMILES string of the molecule is CCCN(CCC)C(=O)C1(c2cc(-c3ccc(Cl)cc3)on2)CC1. The molecule has 0 N–H and O–H groups in total. The number of amides is 1. The van der Waals surface area contributed by atoms with E-state index in [-0.39, 0.29) is 5.91 Å². The first-order chi connectivity index (χ1) is 11.6. The summed E-state index contributed by atoms with van der Waals surface area (Å²) in [4.78, 5) is 15.0. The molecule has 0 radical (unpaired) electrons. The number of nitrogens with zero attached hydrogens (tertiary/aromatic N) is 2. The van der Waals surface area contributed by atoms with E-state index in [0.29, 0.717) is 10.8 Å². The van der Waals surface area contributed by atoms with Gasteiger partial charge < -0.3 is 9.42 Å². The number of benzene rings is 1. The number of rotatable bonds is 7. The van der Waals surface area contributed by atoms with Crippen molar-refractivity contribution in [1.29, 1.82) is 0 Å². The maximum absolute atomic E-state index is 13.0. The van der Waals surface area contributed by atoms with Crippen molar-refractivity contribution >= 4 is 17.5 Å². The minimum atomic E-state index is -0.474. The Labute approximate surface area is 147 Å². The fraction of sp³-hybridized carbons (Fsp3) is 0.474. The normalized spacial score (nSPS) is 15.3. The van der Waals surface area contributed by atoms with E-state index in [4.69, 9.17) is 16.1 Å². The second-order valence-electron chi connectivity index (χ2n) is 6.46. The zero-order chi connectivity index (χ0) is 17.2. The summed E-state index contributed by atoms with van der Waals surface area (Å²) < 4.78 is 5.50. The third kappa shape index (κ3) is 3.20. The summed E-state index contributed by atoms with van der Waals surface area (Å²) in [6, 6.07) is 9.34. The molecule has 1 amide bonds. The highest BCUT2D eigenvalue weighted by atomic mass is 35.5. The maximum Gasteiger partial charge on any atom is 0.234 e. The first-order valence-corrected chi connectivity index (χ1v) is 9.01. The zero-order valence-corrected chi connectivity index (χ0v) is 15.0. The Balaban J connectivity index is 1.83. The van der Waals surface area contributed by atoms with Crippen molar-refractivity contribution in [3.8, 4) is 11.3 Å². The van der Waals surface area contributed by atoms with Gasteiger partial charge in [-0.05, 0) is 49.9 Å². The van der Waals surface area contributed by atoms with Crippen LogP contribution in [0.4, 0.5) is 0 Å². The van der Waals surface area contributed by atoms with Crippen LogP contribution in [0.1, 0.15) is 45.2 Å². The van der Waals surface area contributed by atoms with Gasteiger partial charge in [-0.2, -0.15) is 0 Å². The molecule has 1 fully saturated rings. The fourth-order valence-corrected chi connectivity index (χ4v) is 3.24. The lowest BCUT2D eigenvalue weighted by molar-refractivity contribution is -0.134. The van der Waals surface area contributed by atoms with Gasteiger partial charge in [-0.25, -0.2) is 0 Å². The summed E-state index contributed by atoms with van der Waals surface area (Å²) in [5.41, 5.74) is 1.20. The van der Waals surface area contributed by atoms with E-state index >= 15 is 0 Å². The van der Waals surface area contributed by atoms with Crippen molar-refractivity contribution in [2.75, 3.05) is 13.1 Å². The quantitative estimate of drug-likeness (QED) is 0.731. The average molecular weight is 347 g/mol. The molecule has 1 saturated carbocycles. The molecule has 0 spiro atoms. The van der Waals surface area contributed by atoms with Crippen LogP contribution >= 0.6 is 11.6 Å². The van der Waals surface area contributed by atoms with Gasteiger partial charge in [-0.3, -0.25) is 4.79 Å². The molecule has 24 heavy (non-hydrogen) atoms. The topological polar surface area (TPSA) is 46.3 Å². The number of carbonyl (C=O) groups is 1. The van der Waals surface area contributed by atoms with Crippen LogP contribution in [-0.4, -0.2) is 29.1 Å². The maximum atomic E-state index is 13.0. The third-order valence-electron chi connectivity index (χ3n) is 4.56. The summed E-state index contributed by atoms with van der Waals surface area (Å²) in [6.45, 7) is 5.81. The van der Waals surface area contributed by atoms with Crippen LogP contribution in [0.5, 0.6) is 0 Å². The van der Waals surface area contributed by atoms with Crippen LogP contribution in [0, 0.1) is 0 Å². The van der Waals surface area contributed by atoms with Crippen molar-refractivity contribution in [2.45, 2.75) is 44.9 Å². The molecule has 1 aliphatic carbocycles. The summed E-state index contributed by atoms with van der Waals surface area (Å²) in [5, 5.41) is 4.90. The Kier molecular flexibility index (Phi) is 4.95. The smallest absolute Gasteiger partial charge is 0.234 e. The lowest BCUT2D eigenvalue weighted by Crippen LogP contribution is -2.40. The van der Waals surface area contributed by atoms with Crippen molar-refractivity contribution in [3.63, 3.8) is 0 Å². The molecular weight excluding hydrogens is 324 g/mol. The summed E-state index contributed by atoms with van der Waals surface area (Å²) in [7, 11) is 0. The molecule has 0 bridgehead atoms. The van der Waals surface area contributed by atoms with E-state index in [9.17, 15) is 4.79 Å². The Hall–Kier alpha value is -1.81. The predicted octanol–water partition coefficient (Wildman–Crippen LogP) is 4.68. The number of aromatic nitrogens is 1. The minimum absolute atomic E-state index is 0.196. The highest BCUT2D eigenvalue weighted by Gasteiger charge is 2.55. The molecule has 0 aliphatic heterocycles. The van der Waals surface area contributed by atoms with E-state index in [0.717, 1.165) is 50.0 Å². The van der Waals surface area contributed by atoms with Crippen molar-refractivity contribution in [1.82, 2.24) is 10.1 Å². The van der Waals surface area contributed by atoms with Gasteiger partial charge in [-0.15, -0.1) is 0 Å². The fourth-order valence-electron chi connectivity index (χ4n) is 3.11. The van der Waals surface area contributed by atoms with Gasteiger partial charge in [0.25, 0.3) is 0 Å². The molecule has 0 unspecified atom stereocenters.